The molecule has 0 spiro atoms. The Morgan fingerprint density at radius 1 is 1.62 bits per heavy atom. The monoisotopic (exact) mass is 175 g/mol. The second kappa shape index (κ2) is 4.95. The molecule has 0 atom stereocenters. The minimum Gasteiger partial charge on any atom is -0.199 e. The van der Waals surface area contributed by atoms with Crippen molar-refractivity contribution in [1.29, 1.82) is 0 Å². The fourth-order valence-electron chi connectivity index (χ4n) is 1.08. The molecule has 0 radical (unpaired) electrons. The van der Waals surface area contributed by atoms with Crippen LogP contribution in [0.5, 0.6) is 0 Å². The first-order valence-electron chi connectivity index (χ1n) is 4.00. The van der Waals surface area contributed by atoms with E-state index in [1.165, 1.54) is 0 Å². The van der Waals surface area contributed by atoms with E-state index >= 15 is 0 Å². The van der Waals surface area contributed by atoms with Crippen molar-refractivity contribution >= 4 is 6.08 Å². The molecule has 0 saturated heterocycles. The topological polar surface area (TPSA) is 52.6 Å². The molecular weight excluding hydrogens is 164 g/mol. The first-order chi connectivity index (χ1) is 6.38. The normalized spacial score (nSPS) is 8.92. The number of pyridine rings is 1. The van der Waals surface area contributed by atoms with E-state index in [1.807, 2.05) is 29.0 Å². The van der Waals surface area contributed by atoms with Gasteiger partial charge in [-0.25, -0.2) is 0 Å². The highest BCUT2D eigenvalue weighted by Gasteiger charge is 2.03. The molecule has 0 N–H and O–H groups in total. The van der Waals surface area contributed by atoms with Crippen molar-refractivity contribution < 1.29 is 4.57 Å². The lowest BCUT2D eigenvalue weighted by atomic mass is 10.3. The predicted octanol–water partition coefficient (Wildman–Crippen LogP) is 1.93. The van der Waals surface area contributed by atoms with E-state index in [9.17, 15) is 0 Å². The Kier molecular flexibility index (Phi) is 3.54. The van der Waals surface area contributed by atoms with Crippen LogP contribution in [0.3, 0.4) is 0 Å². The van der Waals surface area contributed by atoms with Crippen molar-refractivity contribution in [3.8, 4) is 0 Å². The Labute approximate surface area is 76.8 Å². The molecular formula is C9H11N4+. The zero-order valence-electron chi connectivity index (χ0n) is 7.30. The first kappa shape index (κ1) is 9.29. The highest BCUT2D eigenvalue weighted by Crippen LogP contribution is 1.92. The van der Waals surface area contributed by atoms with Crippen LogP contribution < -0.4 is 4.57 Å². The zero-order chi connectivity index (χ0) is 9.52. The van der Waals surface area contributed by atoms with E-state index in [-0.39, 0.29) is 0 Å². The number of nitrogens with zero attached hydrogens (tertiary/aromatic N) is 4. The lowest BCUT2D eigenvalue weighted by Gasteiger charge is -1.96. The predicted molar refractivity (Wildman–Crippen MR) is 50.7 cm³/mol. The third kappa shape index (κ3) is 2.61. The smallest absolute Gasteiger partial charge is 0.199 e. The number of azide groups is 1. The maximum Gasteiger partial charge on any atom is 0.204 e. The van der Waals surface area contributed by atoms with Crippen LogP contribution >= 0.6 is 0 Å². The average Bonchev–Trinajstić information content (AvgIpc) is 2.19. The Morgan fingerprint density at radius 2 is 2.46 bits per heavy atom. The minimum absolute atomic E-state index is 0.464. The van der Waals surface area contributed by atoms with Gasteiger partial charge in [-0.15, -0.1) is 0 Å². The molecule has 13 heavy (non-hydrogen) atoms. The Hall–Kier alpha value is -1.80. The van der Waals surface area contributed by atoms with Crippen LogP contribution in [0.2, 0.25) is 0 Å². The highest BCUT2D eigenvalue weighted by atomic mass is 15.1. The summed E-state index contributed by atoms with van der Waals surface area (Å²) in [5.41, 5.74) is 9.12. The van der Waals surface area contributed by atoms with Gasteiger partial charge in [0.2, 0.25) is 5.69 Å². The van der Waals surface area contributed by atoms with Gasteiger partial charge in [0, 0.05) is 23.1 Å². The zero-order valence-corrected chi connectivity index (χ0v) is 7.30. The summed E-state index contributed by atoms with van der Waals surface area (Å²) in [4.78, 5) is 2.69. The van der Waals surface area contributed by atoms with Gasteiger partial charge in [0.1, 0.15) is 0 Å². The molecule has 0 aromatic carbocycles. The van der Waals surface area contributed by atoms with Crippen LogP contribution in [-0.4, -0.2) is 6.54 Å². The largest absolute Gasteiger partial charge is 0.204 e. The minimum atomic E-state index is 0.464. The quantitative estimate of drug-likeness (QED) is 0.290. The van der Waals surface area contributed by atoms with E-state index in [0.717, 1.165) is 5.69 Å². The van der Waals surface area contributed by atoms with Crippen LogP contribution in [0.15, 0.2) is 36.1 Å². The third-order valence-electron chi connectivity index (χ3n) is 1.69. The molecule has 1 aromatic rings. The molecule has 0 unspecified atom stereocenters. The lowest BCUT2D eigenvalue weighted by molar-refractivity contribution is -0.696. The van der Waals surface area contributed by atoms with Gasteiger partial charge in [0.05, 0.1) is 6.54 Å². The van der Waals surface area contributed by atoms with Gasteiger partial charge in [-0.3, -0.25) is 0 Å². The summed E-state index contributed by atoms with van der Waals surface area (Å²) in [7, 11) is 0. The molecule has 1 heterocycles. The highest BCUT2D eigenvalue weighted by molar-refractivity contribution is 5.36. The van der Waals surface area contributed by atoms with Crippen LogP contribution in [0.25, 0.3) is 16.5 Å². The summed E-state index contributed by atoms with van der Waals surface area (Å²) < 4.78 is 1.99. The summed E-state index contributed by atoms with van der Waals surface area (Å²) in [5.74, 6) is 0. The van der Waals surface area contributed by atoms with Gasteiger partial charge in [0.25, 0.3) is 0 Å². The van der Waals surface area contributed by atoms with E-state index in [1.54, 1.807) is 6.08 Å². The first-order valence-corrected chi connectivity index (χ1v) is 4.00. The third-order valence-corrected chi connectivity index (χ3v) is 1.69. The van der Waals surface area contributed by atoms with Gasteiger partial charge < -0.3 is 0 Å². The molecule has 1 aromatic heterocycles. The SMILES string of the molecule is C=Cc1cccc[n+]1CCN=[N+]=[N-]. The molecule has 4 heteroatoms. The maximum atomic E-state index is 8.10. The van der Waals surface area contributed by atoms with Gasteiger partial charge in [-0.1, -0.05) is 11.7 Å². The molecule has 0 aliphatic rings. The Bertz CT molecular complexity index is 339. The number of hydrogen-bond acceptors (Lipinski definition) is 1. The fraction of sp³-hybridized carbons (Fsp3) is 0.222. The summed E-state index contributed by atoms with van der Waals surface area (Å²) in [6.45, 7) is 4.85. The second-order valence-corrected chi connectivity index (χ2v) is 2.48. The van der Waals surface area contributed by atoms with Crippen molar-refractivity contribution in [3.05, 3.63) is 47.1 Å². The summed E-state index contributed by atoms with van der Waals surface area (Å²) >= 11 is 0. The fourth-order valence-corrected chi connectivity index (χ4v) is 1.08. The van der Waals surface area contributed by atoms with Crippen LogP contribution in [0, 0.1) is 0 Å². The van der Waals surface area contributed by atoms with E-state index in [0.29, 0.717) is 13.1 Å². The molecule has 0 aliphatic heterocycles. The maximum absolute atomic E-state index is 8.10. The second-order valence-electron chi connectivity index (χ2n) is 2.48. The summed E-state index contributed by atoms with van der Waals surface area (Å²) in [5, 5.41) is 3.47. The van der Waals surface area contributed by atoms with Crippen molar-refractivity contribution in [3.63, 3.8) is 0 Å². The van der Waals surface area contributed by atoms with Gasteiger partial charge >= 0.3 is 0 Å². The number of rotatable bonds is 4. The van der Waals surface area contributed by atoms with Crippen molar-refractivity contribution in [2.75, 3.05) is 6.54 Å². The molecule has 66 valence electrons. The molecule has 0 amide bonds. The number of aromatic nitrogens is 1. The summed E-state index contributed by atoms with van der Waals surface area (Å²) in [6, 6.07) is 5.84. The van der Waals surface area contributed by atoms with E-state index in [4.69, 9.17) is 5.53 Å². The van der Waals surface area contributed by atoms with E-state index < -0.39 is 0 Å². The standard InChI is InChI=1S/C9H11N4/c1-2-9-5-3-4-7-13(9)8-6-11-12-10/h2-5,7H,1,6,8H2/q+1. The molecule has 0 saturated carbocycles. The Balaban J connectivity index is 2.74. The van der Waals surface area contributed by atoms with Gasteiger partial charge in [-0.05, 0) is 11.6 Å². The van der Waals surface area contributed by atoms with Gasteiger partial charge in [0.15, 0.2) is 12.7 Å². The lowest BCUT2D eigenvalue weighted by Crippen LogP contribution is -2.37. The van der Waals surface area contributed by atoms with Crippen LogP contribution in [0.1, 0.15) is 5.69 Å². The van der Waals surface area contributed by atoms with Crippen molar-refractivity contribution in [2.24, 2.45) is 5.11 Å². The van der Waals surface area contributed by atoms with E-state index in [2.05, 4.69) is 16.6 Å². The van der Waals surface area contributed by atoms with Crippen molar-refractivity contribution in [1.82, 2.24) is 0 Å². The number of hydrogen-bond donors (Lipinski definition) is 0. The molecule has 0 aliphatic carbocycles. The Morgan fingerprint density at radius 3 is 3.15 bits per heavy atom. The molecule has 0 bridgehead atoms. The van der Waals surface area contributed by atoms with Crippen LogP contribution in [-0.2, 0) is 6.54 Å². The van der Waals surface area contributed by atoms with Crippen LogP contribution in [0.4, 0.5) is 0 Å². The average molecular weight is 175 g/mol. The molecule has 4 nitrogen and oxygen atoms in total. The van der Waals surface area contributed by atoms with Gasteiger partial charge in [-0.2, -0.15) is 4.57 Å². The summed E-state index contributed by atoms with van der Waals surface area (Å²) in [6.07, 6.45) is 3.71. The van der Waals surface area contributed by atoms with Crippen molar-refractivity contribution in [2.45, 2.75) is 6.54 Å². The molecule has 1 rings (SSSR count). The molecule has 0 fully saturated rings.